The molecule has 1 amide bonds. The van der Waals surface area contributed by atoms with Crippen LogP contribution in [0.2, 0.25) is 0 Å². The SMILES string of the molecule is CN(CCc1cc(C(F)(F)F)cc(C(F)(F)F)c1)C(=O)C(c1ccccc1)N1CCN(C2CCC2)CC1. The van der Waals surface area contributed by atoms with E-state index in [2.05, 4.69) is 9.80 Å². The Morgan fingerprint density at radius 2 is 1.49 bits per heavy atom. The number of rotatable bonds is 7. The molecule has 1 atom stereocenters. The summed E-state index contributed by atoms with van der Waals surface area (Å²) < 4.78 is 79.4. The van der Waals surface area contributed by atoms with E-state index in [0.29, 0.717) is 19.1 Å². The average molecular weight is 528 g/mol. The van der Waals surface area contributed by atoms with E-state index in [9.17, 15) is 31.1 Å². The van der Waals surface area contributed by atoms with Gasteiger partial charge in [-0.3, -0.25) is 14.6 Å². The molecule has 202 valence electrons. The molecule has 37 heavy (non-hydrogen) atoms. The number of hydrogen-bond donors (Lipinski definition) is 0. The number of amides is 1. The first-order valence-electron chi connectivity index (χ1n) is 12.5. The summed E-state index contributed by atoms with van der Waals surface area (Å²) in [6.07, 6.45) is -6.29. The standard InChI is InChI=1S/C27H31F6N3O/c1-34(11-10-19-16-21(26(28,29)30)18-22(17-19)27(31,32)33)25(37)24(20-6-3-2-4-7-20)36-14-12-35(13-15-36)23-8-5-9-23/h2-4,6-7,16-18,23-24H,5,8-15H2,1H3. The maximum Gasteiger partial charge on any atom is 0.416 e. The predicted molar refractivity (Wildman–Crippen MR) is 128 cm³/mol. The number of piperazine rings is 1. The number of benzene rings is 2. The van der Waals surface area contributed by atoms with Gasteiger partial charge < -0.3 is 4.90 Å². The molecule has 0 aromatic heterocycles. The molecule has 1 saturated carbocycles. The highest BCUT2D eigenvalue weighted by Crippen LogP contribution is 2.36. The average Bonchev–Trinajstić information content (AvgIpc) is 2.82. The highest BCUT2D eigenvalue weighted by atomic mass is 19.4. The highest BCUT2D eigenvalue weighted by Gasteiger charge is 2.37. The van der Waals surface area contributed by atoms with Gasteiger partial charge in [0.25, 0.3) is 0 Å². The molecular weight excluding hydrogens is 496 g/mol. The first-order valence-corrected chi connectivity index (χ1v) is 12.5. The fourth-order valence-corrected chi connectivity index (χ4v) is 5.04. The number of hydrogen-bond acceptors (Lipinski definition) is 3. The summed E-state index contributed by atoms with van der Waals surface area (Å²) in [4.78, 5) is 19.6. The number of carbonyl (C=O) groups is 1. The van der Waals surface area contributed by atoms with E-state index in [4.69, 9.17) is 0 Å². The van der Waals surface area contributed by atoms with Crippen molar-refractivity contribution in [1.29, 1.82) is 0 Å². The molecule has 1 saturated heterocycles. The molecule has 4 nitrogen and oxygen atoms in total. The van der Waals surface area contributed by atoms with Crippen molar-refractivity contribution >= 4 is 5.91 Å². The summed E-state index contributed by atoms with van der Waals surface area (Å²) in [6, 6.07) is 10.9. The van der Waals surface area contributed by atoms with Gasteiger partial charge in [0.15, 0.2) is 0 Å². The van der Waals surface area contributed by atoms with Crippen molar-refractivity contribution < 1.29 is 31.1 Å². The fraction of sp³-hybridized carbons (Fsp3) is 0.519. The van der Waals surface area contributed by atoms with Gasteiger partial charge in [-0.15, -0.1) is 0 Å². The van der Waals surface area contributed by atoms with Crippen molar-refractivity contribution in [3.05, 3.63) is 70.8 Å². The lowest BCUT2D eigenvalue weighted by Gasteiger charge is -2.45. The van der Waals surface area contributed by atoms with Crippen LogP contribution < -0.4 is 0 Å². The Labute approximate surface area is 212 Å². The first-order chi connectivity index (χ1) is 17.4. The Morgan fingerprint density at radius 1 is 0.919 bits per heavy atom. The van der Waals surface area contributed by atoms with Crippen molar-refractivity contribution in [2.75, 3.05) is 39.8 Å². The molecular formula is C27H31F6N3O. The molecule has 1 aliphatic carbocycles. The monoisotopic (exact) mass is 527 g/mol. The number of carbonyl (C=O) groups excluding carboxylic acids is 1. The molecule has 4 rings (SSSR count). The van der Waals surface area contributed by atoms with Crippen LogP contribution in [-0.2, 0) is 23.6 Å². The van der Waals surface area contributed by atoms with E-state index in [1.54, 1.807) is 7.05 Å². The Bertz CT molecular complexity index is 1030. The van der Waals surface area contributed by atoms with E-state index in [1.165, 1.54) is 24.2 Å². The molecule has 0 radical (unpaired) electrons. The van der Waals surface area contributed by atoms with Gasteiger partial charge in [-0.05, 0) is 48.6 Å². The van der Waals surface area contributed by atoms with Gasteiger partial charge in [0.2, 0.25) is 5.91 Å². The minimum atomic E-state index is -4.90. The lowest BCUT2D eigenvalue weighted by Crippen LogP contribution is -2.54. The quantitative estimate of drug-likeness (QED) is 0.437. The van der Waals surface area contributed by atoms with Gasteiger partial charge in [0.05, 0.1) is 11.1 Å². The Hall–Kier alpha value is -2.59. The van der Waals surface area contributed by atoms with Crippen LogP contribution in [-0.4, -0.2) is 66.4 Å². The van der Waals surface area contributed by atoms with Crippen molar-refractivity contribution in [1.82, 2.24) is 14.7 Å². The molecule has 1 unspecified atom stereocenters. The van der Waals surface area contributed by atoms with E-state index in [0.717, 1.165) is 30.8 Å². The molecule has 0 bridgehead atoms. The highest BCUT2D eigenvalue weighted by molar-refractivity contribution is 5.83. The van der Waals surface area contributed by atoms with E-state index in [1.807, 2.05) is 30.3 Å². The first kappa shape index (κ1) is 27.4. The second kappa shape index (κ2) is 11.0. The Morgan fingerprint density at radius 3 is 1.97 bits per heavy atom. The van der Waals surface area contributed by atoms with Gasteiger partial charge in [0.1, 0.15) is 6.04 Å². The van der Waals surface area contributed by atoms with Crippen LogP contribution in [0.5, 0.6) is 0 Å². The minimum Gasteiger partial charge on any atom is -0.344 e. The van der Waals surface area contributed by atoms with Crippen molar-refractivity contribution in [2.24, 2.45) is 0 Å². The van der Waals surface area contributed by atoms with E-state index in [-0.39, 0.29) is 30.5 Å². The third-order valence-corrected chi connectivity index (χ3v) is 7.41. The van der Waals surface area contributed by atoms with Crippen LogP contribution in [0.1, 0.15) is 47.6 Å². The maximum absolute atomic E-state index is 13.6. The van der Waals surface area contributed by atoms with Crippen LogP contribution in [0.15, 0.2) is 48.5 Å². The van der Waals surface area contributed by atoms with Gasteiger partial charge in [0, 0.05) is 45.8 Å². The molecule has 0 spiro atoms. The number of likely N-dealkylation sites (N-methyl/N-ethyl adjacent to an activating group) is 1. The lowest BCUT2D eigenvalue weighted by molar-refractivity contribution is -0.143. The summed E-state index contributed by atoms with van der Waals surface area (Å²) in [5.74, 6) is -0.230. The summed E-state index contributed by atoms with van der Waals surface area (Å²) in [5.41, 5.74) is -2.00. The third kappa shape index (κ3) is 6.65. The van der Waals surface area contributed by atoms with Crippen LogP contribution >= 0.6 is 0 Å². The van der Waals surface area contributed by atoms with E-state index < -0.39 is 29.5 Å². The molecule has 0 N–H and O–H groups in total. The zero-order valence-electron chi connectivity index (χ0n) is 20.7. The molecule has 2 aromatic carbocycles. The summed E-state index contributed by atoms with van der Waals surface area (Å²) in [5, 5.41) is 0. The van der Waals surface area contributed by atoms with Crippen LogP contribution in [0.3, 0.4) is 0 Å². The molecule has 2 fully saturated rings. The van der Waals surface area contributed by atoms with Gasteiger partial charge in [-0.1, -0.05) is 36.8 Å². The summed E-state index contributed by atoms with van der Waals surface area (Å²) in [7, 11) is 1.54. The van der Waals surface area contributed by atoms with Gasteiger partial charge in [-0.2, -0.15) is 26.3 Å². The normalized spacial score (nSPS) is 18.9. The number of nitrogens with zero attached hydrogens (tertiary/aromatic N) is 3. The minimum absolute atomic E-state index is 0.0111. The lowest BCUT2D eigenvalue weighted by atomic mass is 9.91. The summed E-state index contributed by atoms with van der Waals surface area (Å²) in [6.45, 7) is 3.12. The van der Waals surface area contributed by atoms with Crippen LogP contribution in [0.4, 0.5) is 26.3 Å². The van der Waals surface area contributed by atoms with Crippen LogP contribution in [0, 0.1) is 0 Å². The molecule has 2 aromatic rings. The molecule has 1 aliphatic heterocycles. The second-order valence-corrected chi connectivity index (χ2v) is 9.89. The number of halogens is 6. The molecule has 1 heterocycles. The Kier molecular flexibility index (Phi) is 8.18. The number of alkyl halides is 6. The second-order valence-electron chi connectivity index (χ2n) is 9.89. The van der Waals surface area contributed by atoms with Gasteiger partial charge >= 0.3 is 12.4 Å². The topological polar surface area (TPSA) is 26.8 Å². The zero-order valence-corrected chi connectivity index (χ0v) is 20.7. The molecule has 2 aliphatic rings. The smallest absolute Gasteiger partial charge is 0.344 e. The van der Waals surface area contributed by atoms with Crippen LogP contribution in [0.25, 0.3) is 0 Å². The fourth-order valence-electron chi connectivity index (χ4n) is 5.04. The van der Waals surface area contributed by atoms with Crippen molar-refractivity contribution in [3.63, 3.8) is 0 Å². The largest absolute Gasteiger partial charge is 0.416 e. The van der Waals surface area contributed by atoms with E-state index >= 15 is 0 Å². The molecule has 10 heteroatoms. The Balaban J connectivity index is 1.48. The van der Waals surface area contributed by atoms with Gasteiger partial charge in [-0.25, -0.2) is 0 Å². The predicted octanol–water partition coefficient (Wildman–Crippen LogP) is 5.64. The van der Waals surface area contributed by atoms with Crippen molar-refractivity contribution in [3.8, 4) is 0 Å². The van der Waals surface area contributed by atoms with Crippen molar-refractivity contribution in [2.45, 2.75) is 50.1 Å². The maximum atomic E-state index is 13.6. The third-order valence-electron chi connectivity index (χ3n) is 7.41. The zero-order chi connectivity index (χ0) is 26.8. The summed E-state index contributed by atoms with van der Waals surface area (Å²) >= 11 is 0.